The third-order valence-corrected chi connectivity index (χ3v) is 3.72. The van der Waals surface area contributed by atoms with E-state index in [9.17, 15) is 0 Å². The Hall–Kier alpha value is -1.32. The second kappa shape index (κ2) is 6.91. The van der Waals surface area contributed by atoms with E-state index in [2.05, 4.69) is 41.1 Å². The summed E-state index contributed by atoms with van der Waals surface area (Å²) in [4.78, 5) is 0. The molecule has 2 aromatic rings. The minimum atomic E-state index is -0.153. The predicted molar refractivity (Wildman–Crippen MR) is 87.0 cm³/mol. The molecule has 2 aromatic carbocycles. The van der Waals surface area contributed by atoms with Gasteiger partial charge in [-0.15, -0.1) is 0 Å². The zero-order chi connectivity index (χ0) is 14.5. The normalized spacial score (nSPS) is 13.8. The van der Waals surface area contributed by atoms with E-state index >= 15 is 0 Å². The molecule has 0 radical (unpaired) electrons. The average molecular weight is 334 g/mol. The Balaban J connectivity index is 2.25. The van der Waals surface area contributed by atoms with Crippen LogP contribution in [0.15, 0.2) is 53.0 Å². The molecule has 0 heterocycles. The summed E-state index contributed by atoms with van der Waals surface area (Å²) in [7, 11) is 0. The molecule has 0 aromatic heterocycles. The Morgan fingerprint density at radius 3 is 2.55 bits per heavy atom. The molecule has 106 valence electrons. The van der Waals surface area contributed by atoms with E-state index in [0.717, 1.165) is 22.2 Å². The number of ether oxygens (including phenoxy) is 1. The molecule has 3 heteroatoms. The highest BCUT2D eigenvalue weighted by Gasteiger charge is 2.18. The Morgan fingerprint density at radius 2 is 1.90 bits per heavy atom. The standard InChI is InChI=1S/C17H20BrNO/c1-3-13-6-4-9-16(10-13)20-17(12(2)19)14-7-5-8-15(18)11-14/h4-12,17H,3,19H2,1-2H3. The Bertz CT molecular complexity index is 568. The molecule has 0 aliphatic heterocycles. The maximum atomic E-state index is 6.11. The SMILES string of the molecule is CCc1cccc(OC(c2cccc(Br)c2)C(C)N)c1. The fourth-order valence-electron chi connectivity index (χ4n) is 2.15. The van der Waals surface area contributed by atoms with Crippen LogP contribution in [-0.4, -0.2) is 6.04 Å². The van der Waals surface area contributed by atoms with Crippen LogP contribution in [-0.2, 0) is 6.42 Å². The van der Waals surface area contributed by atoms with Gasteiger partial charge in [0.2, 0.25) is 0 Å². The van der Waals surface area contributed by atoms with E-state index in [1.165, 1.54) is 5.56 Å². The van der Waals surface area contributed by atoms with Gasteiger partial charge in [0.1, 0.15) is 11.9 Å². The van der Waals surface area contributed by atoms with E-state index in [-0.39, 0.29) is 12.1 Å². The van der Waals surface area contributed by atoms with Crippen LogP contribution in [0.2, 0.25) is 0 Å². The van der Waals surface area contributed by atoms with Gasteiger partial charge in [-0.05, 0) is 48.7 Å². The molecule has 20 heavy (non-hydrogen) atoms. The van der Waals surface area contributed by atoms with E-state index < -0.39 is 0 Å². The largest absolute Gasteiger partial charge is 0.484 e. The van der Waals surface area contributed by atoms with Gasteiger partial charge >= 0.3 is 0 Å². The van der Waals surface area contributed by atoms with Crippen molar-refractivity contribution in [2.45, 2.75) is 32.4 Å². The van der Waals surface area contributed by atoms with Crippen molar-refractivity contribution >= 4 is 15.9 Å². The van der Waals surface area contributed by atoms with Gasteiger partial charge < -0.3 is 10.5 Å². The van der Waals surface area contributed by atoms with Crippen LogP contribution in [0, 0.1) is 0 Å². The van der Waals surface area contributed by atoms with Crippen molar-refractivity contribution < 1.29 is 4.74 Å². The number of halogens is 1. The van der Waals surface area contributed by atoms with Gasteiger partial charge in [0.25, 0.3) is 0 Å². The monoisotopic (exact) mass is 333 g/mol. The van der Waals surface area contributed by atoms with E-state index in [0.29, 0.717) is 0 Å². The molecule has 0 aliphatic rings. The topological polar surface area (TPSA) is 35.2 Å². The van der Waals surface area contributed by atoms with E-state index in [1.54, 1.807) is 0 Å². The van der Waals surface area contributed by atoms with Crippen molar-refractivity contribution in [2.24, 2.45) is 5.73 Å². The van der Waals surface area contributed by atoms with Gasteiger partial charge in [-0.1, -0.05) is 47.1 Å². The van der Waals surface area contributed by atoms with Crippen molar-refractivity contribution in [3.63, 3.8) is 0 Å². The first kappa shape index (κ1) is 15.1. The predicted octanol–water partition coefficient (Wildman–Crippen LogP) is 4.48. The van der Waals surface area contributed by atoms with Gasteiger partial charge in [0.15, 0.2) is 0 Å². The molecule has 2 nitrogen and oxygen atoms in total. The Morgan fingerprint density at radius 1 is 1.15 bits per heavy atom. The molecule has 0 fully saturated rings. The molecule has 0 amide bonds. The van der Waals surface area contributed by atoms with Crippen LogP contribution >= 0.6 is 15.9 Å². The number of rotatable bonds is 5. The first-order chi connectivity index (χ1) is 9.60. The average Bonchev–Trinajstić information content (AvgIpc) is 2.44. The highest BCUT2D eigenvalue weighted by atomic mass is 79.9. The van der Waals surface area contributed by atoms with Crippen LogP contribution in [0.5, 0.6) is 5.75 Å². The molecule has 2 unspecified atom stereocenters. The number of benzene rings is 2. The molecule has 0 saturated heterocycles. The second-order valence-corrected chi connectivity index (χ2v) is 5.87. The van der Waals surface area contributed by atoms with Crippen LogP contribution in [0.4, 0.5) is 0 Å². The summed E-state index contributed by atoms with van der Waals surface area (Å²) < 4.78 is 7.15. The van der Waals surface area contributed by atoms with Crippen LogP contribution in [0.25, 0.3) is 0 Å². The Kier molecular flexibility index (Phi) is 5.21. The highest BCUT2D eigenvalue weighted by molar-refractivity contribution is 9.10. The van der Waals surface area contributed by atoms with Gasteiger partial charge in [0.05, 0.1) is 0 Å². The number of aryl methyl sites for hydroxylation is 1. The van der Waals surface area contributed by atoms with Crippen molar-refractivity contribution in [3.8, 4) is 5.75 Å². The summed E-state index contributed by atoms with van der Waals surface area (Å²) in [5.74, 6) is 0.867. The molecule has 0 bridgehead atoms. The fourth-order valence-corrected chi connectivity index (χ4v) is 2.56. The van der Waals surface area contributed by atoms with Crippen molar-refractivity contribution in [3.05, 3.63) is 64.1 Å². The van der Waals surface area contributed by atoms with Gasteiger partial charge in [-0.2, -0.15) is 0 Å². The number of nitrogens with two attached hydrogens (primary N) is 1. The second-order valence-electron chi connectivity index (χ2n) is 4.95. The molecule has 0 aliphatic carbocycles. The summed E-state index contributed by atoms with van der Waals surface area (Å²) in [6.45, 7) is 4.10. The highest BCUT2D eigenvalue weighted by Crippen LogP contribution is 2.26. The maximum absolute atomic E-state index is 6.11. The van der Waals surface area contributed by atoms with Gasteiger partial charge in [-0.25, -0.2) is 0 Å². The summed E-state index contributed by atoms with van der Waals surface area (Å²) in [5, 5.41) is 0. The molecule has 2 rings (SSSR count). The van der Waals surface area contributed by atoms with Gasteiger partial charge in [-0.3, -0.25) is 0 Å². The lowest BCUT2D eigenvalue weighted by Crippen LogP contribution is -2.29. The first-order valence-corrected chi connectivity index (χ1v) is 7.66. The molecular weight excluding hydrogens is 314 g/mol. The van der Waals surface area contributed by atoms with E-state index in [1.807, 2.05) is 37.3 Å². The lowest BCUT2D eigenvalue weighted by atomic mass is 10.0. The maximum Gasteiger partial charge on any atom is 0.138 e. The summed E-state index contributed by atoms with van der Waals surface area (Å²) in [6.07, 6.45) is 0.844. The van der Waals surface area contributed by atoms with Crippen LogP contribution < -0.4 is 10.5 Å². The number of hydrogen-bond donors (Lipinski definition) is 1. The van der Waals surface area contributed by atoms with E-state index in [4.69, 9.17) is 10.5 Å². The lowest BCUT2D eigenvalue weighted by molar-refractivity contribution is 0.180. The zero-order valence-corrected chi connectivity index (χ0v) is 13.4. The molecule has 2 atom stereocenters. The summed E-state index contributed by atoms with van der Waals surface area (Å²) in [6, 6.07) is 16.2. The summed E-state index contributed by atoms with van der Waals surface area (Å²) >= 11 is 3.49. The smallest absolute Gasteiger partial charge is 0.138 e. The number of hydrogen-bond acceptors (Lipinski definition) is 2. The lowest BCUT2D eigenvalue weighted by Gasteiger charge is -2.23. The van der Waals surface area contributed by atoms with Crippen molar-refractivity contribution in [1.29, 1.82) is 0 Å². The fraction of sp³-hybridized carbons (Fsp3) is 0.294. The minimum absolute atomic E-state index is 0.0883. The van der Waals surface area contributed by atoms with Gasteiger partial charge in [0, 0.05) is 10.5 Å². The van der Waals surface area contributed by atoms with Crippen LogP contribution in [0.3, 0.4) is 0 Å². The van der Waals surface area contributed by atoms with Crippen molar-refractivity contribution in [2.75, 3.05) is 0 Å². The molecular formula is C17H20BrNO. The summed E-state index contributed by atoms with van der Waals surface area (Å²) in [5.41, 5.74) is 8.44. The molecule has 0 spiro atoms. The first-order valence-electron chi connectivity index (χ1n) is 6.86. The molecule has 2 N–H and O–H groups in total. The zero-order valence-electron chi connectivity index (χ0n) is 11.8. The quantitative estimate of drug-likeness (QED) is 0.875. The Labute approximate surface area is 129 Å². The molecule has 0 saturated carbocycles. The third kappa shape index (κ3) is 3.84. The third-order valence-electron chi connectivity index (χ3n) is 3.22. The minimum Gasteiger partial charge on any atom is -0.484 e. The van der Waals surface area contributed by atoms with Crippen molar-refractivity contribution in [1.82, 2.24) is 0 Å². The van der Waals surface area contributed by atoms with Crippen LogP contribution in [0.1, 0.15) is 31.1 Å².